The fourth-order valence-electron chi connectivity index (χ4n) is 0.468. The summed E-state index contributed by atoms with van der Waals surface area (Å²) in [4.78, 5) is 9.78. The van der Waals surface area contributed by atoms with E-state index in [-0.39, 0.29) is 0 Å². The second-order valence-corrected chi connectivity index (χ2v) is 2.12. The standard InChI is InChI=1S/C5H8F2O5/c6-5(7,4(11)12)3(10)2(9)1-8/h2-3,8-10H,1H2,(H,11,12)/t2-,3-/m1/s1. The molecule has 72 valence electrons. The summed E-state index contributed by atoms with van der Waals surface area (Å²) in [5.41, 5.74) is 0. The third-order valence-corrected chi connectivity index (χ3v) is 1.21. The van der Waals surface area contributed by atoms with Crippen molar-refractivity contribution in [1.82, 2.24) is 0 Å². The fraction of sp³-hybridized carbons (Fsp3) is 0.800. The predicted molar refractivity (Wildman–Crippen MR) is 31.7 cm³/mol. The van der Waals surface area contributed by atoms with Gasteiger partial charge in [-0.25, -0.2) is 4.79 Å². The molecule has 4 N–H and O–H groups in total. The first-order valence-corrected chi connectivity index (χ1v) is 2.92. The van der Waals surface area contributed by atoms with Gasteiger partial charge in [-0.15, -0.1) is 0 Å². The Kier molecular flexibility index (Phi) is 3.50. The summed E-state index contributed by atoms with van der Waals surface area (Å²) in [5, 5.41) is 32.9. The van der Waals surface area contributed by atoms with Crippen LogP contribution in [0.25, 0.3) is 0 Å². The highest BCUT2D eigenvalue weighted by molar-refractivity contribution is 5.76. The van der Waals surface area contributed by atoms with Gasteiger partial charge in [0.2, 0.25) is 0 Å². The quantitative estimate of drug-likeness (QED) is 0.424. The van der Waals surface area contributed by atoms with Crippen molar-refractivity contribution in [3.8, 4) is 0 Å². The molecular formula is C5H8F2O5. The molecule has 0 rings (SSSR count). The Bertz CT molecular complexity index is 171. The molecule has 0 unspecified atom stereocenters. The molecule has 0 fully saturated rings. The molecule has 0 amide bonds. The molecule has 0 aromatic rings. The van der Waals surface area contributed by atoms with Gasteiger partial charge in [0.15, 0.2) is 6.10 Å². The highest BCUT2D eigenvalue weighted by Crippen LogP contribution is 2.21. The summed E-state index contributed by atoms with van der Waals surface area (Å²) in [6.45, 7) is -1.13. The number of rotatable bonds is 4. The van der Waals surface area contributed by atoms with Crippen molar-refractivity contribution in [2.24, 2.45) is 0 Å². The van der Waals surface area contributed by atoms with E-state index in [4.69, 9.17) is 20.4 Å². The minimum atomic E-state index is -4.46. The van der Waals surface area contributed by atoms with E-state index in [1.54, 1.807) is 0 Å². The molecule has 12 heavy (non-hydrogen) atoms. The van der Waals surface area contributed by atoms with Crippen molar-refractivity contribution in [3.05, 3.63) is 0 Å². The van der Waals surface area contributed by atoms with Crippen LogP contribution in [0.15, 0.2) is 0 Å². The van der Waals surface area contributed by atoms with Gasteiger partial charge >= 0.3 is 11.9 Å². The number of aliphatic hydroxyl groups excluding tert-OH is 3. The van der Waals surface area contributed by atoms with Crippen LogP contribution in [0.5, 0.6) is 0 Å². The first-order valence-electron chi connectivity index (χ1n) is 2.92. The zero-order chi connectivity index (χ0) is 9.94. The number of carbonyl (C=O) groups is 1. The smallest absolute Gasteiger partial charge is 0.377 e. The predicted octanol–water partition coefficient (Wildman–Crippen LogP) is -1.58. The van der Waals surface area contributed by atoms with E-state index in [1.807, 2.05) is 0 Å². The highest BCUT2D eigenvalue weighted by Gasteiger charge is 2.49. The van der Waals surface area contributed by atoms with Crippen LogP contribution in [0, 0.1) is 0 Å². The number of alkyl halides is 2. The van der Waals surface area contributed by atoms with E-state index in [0.717, 1.165) is 0 Å². The Morgan fingerprint density at radius 3 is 2.08 bits per heavy atom. The zero-order valence-electron chi connectivity index (χ0n) is 5.81. The molecule has 0 aromatic heterocycles. The van der Waals surface area contributed by atoms with E-state index in [1.165, 1.54) is 0 Å². The molecule has 7 heteroatoms. The molecule has 0 saturated carbocycles. The second kappa shape index (κ2) is 3.74. The van der Waals surface area contributed by atoms with Crippen molar-refractivity contribution in [2.45, 2.75) is 18.1 Å². The molecule has 0 radical (unpaired) electrons. The maximum atomic E-state index is 12.3. The van der Waals surface area contributed by atoms with Crippen LogP contribution in [0.4, 0.5) is 8.78 Å². The maximum Gasteiger partial charge on any atom is 0.377 e. The van der Waals surface area contributed by atoms with Gasteiger partial charge in [0.1, 0.15) is 6.10 Å². The first-order chi connectivity index (χ1) is 5.34. The lowest BCUT2D eigenvalue weighted by atomic mass is 10.1. The van der Waals surface area contributed by atoms with E-state index in [9.17, 15) is 13.6 Å². The minimum absolute atomic E-state index is 1.13. The van der Waals surface area contributed by atoms with Gasteiger partial charge in [-0.1, -0.05) is 0 Å². The van der Waals surface area contributed by atoms with E-state index < -0.39 is 30.7 Å². The summed E-state index contributed by atoms with van der Waals surface area (Å²) >= 11 is 0. The van der Waals surface area contributed by atoms with Gasteiger partial charge in [0.05, 0.1) is 6.61 Å². The summed E-state index contributed by atoms with van der Waals surface area (Å²) in [5.74, 6) is -7.01. The highest BCUT2D eigenvalue weighted by atomic mass is 19.3. The summed E-state index contributed by atoms with van der Waals surface area (Å²) < 4.78 is 24.5. The SMILES string of the molecule is O=C(O)C(F)(F)[C@H](O)[C@H](O)CO. The topological polar surface area (TPSA) is 98.0 Å². The van der Waals surface area contributed by atoms with E-state index in [2.05, 4.69) is 0 Å². The maximum absolute atomic E-state index is 12.3. The van der Waals surface area contributed by atoms with Crippen LogP contribution in [0.1, 0.15) is 0 Å². The Morgan fingerprint density at radius 2 is 1.83 bits per heavy atom. The van der Waals surface area contributed by atoms with Crippen LogP contribution in [-0.4, -0.2) is 51.1 Å². The fourth-order valence-corrected chi connectivity index (χ4v) is 0.468. The number of aliphatic hydroxyl groups is 3. The van der Waals surface area contributed by atoms with Crippen molar-refractivity contribution < 1.29 is 34.0 Å². The molecular weight excluding hydrogens is 178 g/mol. The molecule has 0 aliphatic rings. The van der Waals surface area contributed by atoms with Crippen LogP contribution < -0.4 is 0 Å². The van der Waals surface area contributed by atoms with Gasteiger partial charge in [-0.05, 0) is 0 Å². The number of carboxylic acid groups (broad SMARTS) is 1. The van der Waals surface area contributed by atoms with Gasteiger partial charge < -0.3 is 20.4 Å². The molecule has 0 aromatic carbocycles. The molecule has 0 saturated heterocycles. The summed E-state index contributed by atoms with van der Waals surface area (Å²) in [6.07, 6.45) is -4.98. The average Bonchev–Trinajstić information content (AvgIpc) is 2.01. The lowest BCUT2D eigenvalue weighted by Crippen LogP contribution is -2.49. The molecule has 0 aliphatic heterocycles. The number of hydrogen-bond donors (Lipinski definition) is 4. The van der Waals surface area contributed by atoms with Crippen LogP contribution in [0.2, 0.25) is 0 Å². The summed E-state index contributed by atoms with van der Waals surface area (Å²) in [7, 11) is 0. The molecule has 0 bridgehead atoms. The van der Waals surface area contributed by atoms with Gasteiger partial charge in [0, 0.05) is 0 Å². The minimum Gasteiger partial charge on any atom is -0.477 e. The molecule has 0 heterocycles. The van der Waals surface area contributed by atoms with E-state index >= 15 is 0 Å². The Hall–Kier alpha value is -0.790. The van der Waals surface area contributed by atoms with Crippen molar-refractivity contribution in [1.29, 1.82) is 0 Å². The third-order valence-electron chi connectivity index (χ3n) is 1.21. The number of carboxylic acids is 1. The lowest BCUT2D eigenvalue weighted by molar-refractivity contribution is -0.196. The zero-order valence-corrected chi connectivity index (χ0v) is 5.81. The van der Waals surface area contributed by atoms with Gasteiger partial charge in [0.25, 0.3) is 0 Å². The van der Waals surface area contributed by atoms with Crippen LogP contribution >= 0.6 is 0 Å². The van der Waals surface area contributed by atoms with Crippen molar-refractivity contribution in [2.75, 3.05) is 6.61 Å². The van der Waals surface area contributed by atoms with Crippen molar-refractivity contribution >= 4 is 5.97 Å². The molecule has 0 spiro atoms. The Morgan fingerprint density at radius 1 is 1.42 bits per heavy atom. The number of halogens is 2. The monoisotopic (exact) mass is 186 g/mol. The normalized spacial score (nSPS) is 17.1. The molecule has 5 nitrogen and oxygen atoms in total. The van der Waals surface area contributed by atoms with Gasteiger partial charge in [-0.2, -0.15) is 8.78 Å². The molecule has 0 aliphatic carbocycles. The Labute approximate surface area is 65.9 Å². The third kappa shape index (κ3) is 2.10. The van der Waals surface area contributed by atoms with Gasteiger partial charge in [-0.3, -0.25) is 0 Å². The Balaban J connectivity index is 4.44. The number of aliphatic carboxylic acids is 1. The van der Waals surface area contributed by atoms with Crippen molar-refractivity contribution in [3.63, 3.8) is 0 Å². The van der Waals surface area contributed by atoms with E-state index in [0.29, 0.717) is 0 Å². The van der Waals surface area contributed by atoms with Crippen LogP contribution in [-0.2, 0) is 4.79 Å². The summed E-state index contributed by atoms with van der Waals surface area (Å²) in [6, 6.07) is 0. The average molecular weight is 186 g/mol. The first kappa shape index (κ1) is 11.2. The number of hydrogen-bond acceptors (Lipinski definition) is 4. The largest absolute Gasteiger partial charge is 0.477 e. The molecule has 2 atom stereocenters. The lowest BCUT2D eigenvalue weighted by Gasteiger charge is -2.21. The second-order valence-electron chi connectivity index (χ2n) is 2.12. The van der Waals surface area contributed by atoms with Crippen LogP contribution in [0.3, 0.4) is 0 Å².